The SMILES string of the molecule is CC1CCN(c2ncnc3cc(N)ccc23)C1. The standard InChI is InChI=1S/C13H16N4/c1-9-4-5-17(7-9)13-11-3-2-10(14)6-12(11)15-8-16-13/h2-3,6,8-9H,4-5,7,14H2,1H3. The predicted octanol–water partition coefficient (Wildman–Crippen LogP) is 2.06. The molecule has 0 aliphatic carbocycles. The largest absolute Gasteiger partial charge is 0.399 e. The van der Waals surface area contributed by atoms with E-state index in [4.69, 9.17) is 5.73 Å². The Labute approximate surface area is 100 Å². The van der Waals surface area contributed by atoms with Crippen LogP contribution in [0.1, 0.15) is 13.3 Å². The second-order valence-corrected chi connectivity index (χ2v) is 4.81. The van der Waals surface area contributed by atoms with Crippen molar-refractivity contribution in [1.82, 2.24) is 9.97 Å². The number of rotatable bonds is 1. The Kier molecular flexibility index (Phi) is 2.35. The van der Waals surface area contributed by atoms with Gasteiger partial charge < -0.3 is 10.6 Å². The minimum atomic E-state index is 0.744. The van der Waals surface area contributed by atoms with Crippen molar-refractivity contribution in [2.75, 3.05) is 23.7 Å². The minimum Gasteiger partial charge on any atom is -0.399 e. The number of nitrogen functional groups attached to an aromatic ring is 1. The Hall–Kier alpha value is -1.84. The van der Waals surface area contributed by atoms with Crippen LogP contribution in [-0.2, 0) is 0 Å². The fourth-order valence-electron chi connectivity index (χ4n) is 2.44. The van der Waals surface area contributed by atoms with E-state index in [0.29, 0.717) is 0 Å². The number of nitrogens with two attached hydrogens (primary N) is 1. The first-order valence-electron chi connectivity index (χ1n) is 5.99. The molecule has 0 bridgehead atoms. The molecule has 0 radical (unpaired) electrons. The van der Waals surface area contributed by atoms with Crippen molar-refractivity contribution in [1.29, 1.82) is 0 Å². The van der Waals surface area contributed by atoms with Gasteiger partial charge in [0.1, 0.15) is 12.1 Å². The molecule has 1 fully saturated rings. The molecule has 17 heavy (non-hydrogen) atoms. The van der Waals surface area contributed by atoms with Gasteiger partial charge in [-0.1, -0.05) is 6.92 Å². The van der Waals surface area contributed by atoms with Gasteiger partial charge >= 0.3 is 0 Å². The van der Waals surface area contributed by atoms with E-state index >= 15 is 0 Å². The van der Waals surface area contributed by atoms with Gasteiger partial charge in [-0.05, 0) is 30.5 Å². The zero-order valence-electron chi connectivity index (χ0n) is 9.93. The maximum Gasteiger partial charge on any atom is 0.139 e. The molecule has 0 saturated carbocycles. The summed E-state index contributed by atoms with van der Waals surface area (Å²) in [6.07, 6.45) is 2.86. The van der Waals surface area contributed by atoms with Crippen LogP contribution < -0.4 is 10.6 Å². The highest BCUT2D eigenvalue weighted by Crippen LogP contribution is 2.28. The van der Waals surface area contributed by atoms with E-state index < -0.39 is 0 Å². The molecule has 0 spiro atoms. The lowest BCUT2D eigenvalue weighted by atomic mass is 10.2. The predicted molar refractivity (Wildman–Crippen MR) is 69.9 cm³/mol. The zero-order valence-corrected chi connectivity index (χ0v) is 9.93. The summed E-state index contributed by atoms with van der Waals surface area (Å²) < 4.78 is 0. The molecule has 1 saturated heterocycles. The van der Waals surface area contributed by atoms with Crippen molar-refractivity contribution in [2.24, 2.45) is 5.92 Å². The van der Waals surface area contributed by atoms with Gasteiger partial charge in [-0.3, -0.25) is 0 Å². The van der Waals surface area contributed by atoms with Crippen LogP contribution in [0.3, 0.4) is 0 Å². The van der Waals surface area contributed by atoms with Gasteiger partial charge in [-0.25, -0.2) is 9.97 Å². The third kappa shape index (κ3) is 1.79. The molecular formula is C13H16N4. The highest BCUT2D eigenvalue weighted by atomic mass is 15.2. The molecule has 2 N–H and O–H groups in total. The zero-order chi connectivity index (χ0) is 11.8. The number of anilines is 2. The van der Waals surface area contributed by atoms with Crippen LogP contribution in [0.15, 0.2) is 24.5 Å². The summed E-state index contributed by atoms with van der Waals surface area (Å²) in [6.45, 7) is 4.44. The summed E-state index contributed by atoms with van der Waals surface area (Å²) in [5.41, 5.74) is 7.45. The van der Waals surface area contributed by atoms with Crippen LogP contribution in [0, 0.1) is 5.92 Å². The molecular weight excluding hydrogens is 212 g/mol. The first kappa shape index (κ1) is 10.3. The first-order valence-corrected chi connectivity index (χ1v) is 5.99. The summed E-state index contributed by atoms with van der Waals surface area (Å²) in [4.78, 5) is 11.0. The van der Waals surface area contributed by atoms with E-state index in [9.17, 15) is 0 Å². The van der Waals surface area contributed by atoms with Gasteiger partial charge in [0.15, 0.2) is 0 Å². The van der Waals surface area contributed by atoms with E-state index in [1.165, 1.54) is 6.42 Å². The summed E-state index contributed by atoms with van der Waals surface area (Å²) in [6, 6.07) is 5.83. The van der Waals surface area contributed by atoms with E-state index in [1.54, 1.807) is 6.33 Å². The number of benzene rings is 1. The molecule has 1 atom stereocenters. The molecule has 1 unspecified atom stereocenters. The van der Waals surface area contributed by atoms with Crippen molar-refractivity contribution in [3.8, 4) is 0 Å². The quantitative estimate of drug-likeness (QED) is 0.759. The summed E-state index contributed by atoms with van der Waals surface area (Å²) >= 11 is 0. The number of hydrogen-bond donors (Lipinski definition) is 1. The van der Waals surface area contributed by atoms with E-state index in [-0.39, 0.29) is 0 Å². The molecule has 0 amide bonds. The molecule has 88 valence electrons. The van der Waals surface area contributed by atoms with Crippen molar-refractivity contribution in [3.63, 3.8) is 0 Å². The summed E-state index contributed by atoms with van der Waals surface area (Å²) in [5.74, 6) is 1.79. The first-order chi connectivity index (χ1) is 8.24. The molecule has 1 aromatic carbocycles. The minimum absolute atomic E-state index is 0.744. The van der Waals surface area contributed by atoms with Crippen molar-refractivity contribution < 1.29 is 0 Å². The van der Waals surface area contributed by atoms with Gasteiger partial charge in [0.05, 0.1) is 5.52 Å². The maximum atomic E-state index is 5.78. The van der Waals surface area contributed by atoms with E-state index in [0.717, 1.165) is 41.4 Å². The lowest BCUT2D eigenvalue weighted by Gasteiger charge is -2.18. The summed E-state index contributed by atoms with van der Waals surface area (Å²) in [7, 11) is 0. The molecule has 3 rings (SSSR count). The van der Waals surface area contributed by atoms with Gasteiger partial charge in [-0.15, -0.1) is 0 Å². The topological polar surface area (TPSA) is 55.0 Å². The van der Waals surface area contributed by atoms with Crippen LogP contribution >= 0.6 is 0 Å². The van der Waals surface area contributed by atoms with Crippen LogP contribution in [0.2, 0.25) is 0 Å². The van der Waals surface area contributed by atoms with E-state index in [2.05, 4.69) is 21.8 Å². The van der Waals surface area contributed by atoms with E-state index in [1.807, 2.05) is 18.2 Å². The van der Waals surface area contributed by atoms with Crippen LogP contribution in [0.5, 0.6) is 0 Å². The Morgan fingerprint density at radius 1 is 1.35 bits per heavy atom. The second kappa shape index (κ2) is 3.87. The highest BCUT2D eigenvalue weighted by molar-refractivity contribution is 5.91. The highest BCUT2D eigenvalue weighted by Gasteiger charge is 2.21. The Balaban J connectivity index is 2.10. The third-order valence-corrected chi connectivity index (χ3v) is 3.36. The smallest absolute Gasteiger partial charge is 0.139 e. The molecule has 1 aromatic heterocycles. The monoisotopic (exact) mass is 228 g/mol. The number of nitrogens with zero attached hydrogens (tertiary/aromatic N) is 3. The Bertz CT molecular complexity index is 552. The fraction of sp³-hybridized carbons (Fsp3) is 0.385. The lowest BCUT2D eigenvalue weighted by Crippen LogP contribution is -2.20. The van der Waals surface area contributed by atoms with Gasteiger partial charge in [-0.2, -0.15) is 0 Å². The average molecular weight is 228 g/mol. The maximum absolute atomic E-state index is 5.78. The molecule has 4 heteroatoms. The Morgan fingerprint density at radius 2 is 2.24 bits per heavy atom. The van der Waals surface area contributed by atoms with Gasteiger partial charge in [0.25, 0.3) is 0 Å². The van der Waals surface area contributed by atoms with Crippen LogP contribution in [0.4, 0.5) is 11.5 Å². The van der Waals surface area contributed by atoms with Crippen molar-refractivity contribution in [3.05, 3.63) is 24.5 Å². The van der Waals surface area contributed by atoms with Crippen LogP contribution in [0.25, 0.3) is 10.9 Å². The second-order valence-electron chi connectivity index (χ2n) is 4.81. The lowest BCUT2D eigenvalue weighted by molar-refractivity contribution is 0.659. The van der Waals surface area contributed by atoms with Crippen LogP contribution in [-0.4, -0.2) is 23.1 Å². The average Bonchev–Trinajstić information content (AvgIpc) is 2.74. The van der Waals surface area contributed by atoms with Crippen molar-refractivity contribution >= 4 is 22.4 Å². The third-order valence-electron chi connectivity index (χ3n) is 3.36. The number of aromatic nitrogens is 2. The summed E-state index contributed by atoms with van der Waals surface area (Å²) in [5, 5.41) is 1.09. The van der Waals surface area contributed by atoms with Gasteiger partial charge in [0.2, 0.25) is 0 Å². The van der Waals surface area contributed by atoms with Gasteiger partial charge in [0, 0.05) is 24.2 Å². The van der Waals surface area contributed by atoms with Crippen molar-refractivity contribution in [2.45, 2.75) is 13.3 Å². The normalized spacial score (nSPS) is 20.1. The Morgan fingerprint density at radius 3 is 3.00 bits per heavy atom. The fourth-order valence-corrected chi connectivity index (χ4v) is 2.44. The molecule has 2 aromatic rings. The molecule has 4 nitrogen and oxygen atoms in total. The molecule has 2 heterocycles. The number of fused-ring (bicyclic) bond motifs is 1. The number of hydrogen-bond acceptors (Lipinski definition) is 4. The molecule has 1 aliphatic rings. The molecule has 1 aliphatic heterocycles.